The van der Waals surface area contributed by atoms with Crippen molar-refractivity contribution in [1.82, 2.24) is 15.2 Å². The molecule has 2 heterocycles. The van der Waals surface area contributed by atoms with Crippen molar-refractivity contribution >= 4 is 0 Å². The molecule has 84 valence electrons. The minimum Gasteiger partial charge on any atom is -0.365 e. The number of rotatable bonds is 4. The second kappa shape index (κ2) is 5.33. The van der Waals surface area contributed by atoms with Crippen molar-refractivity contribution in [3.8, 4) is 0 Å². The number of hydrogen-bond donors (Lipinski definition) is 2. The van der Waals surface area contributed by atoms with Gasteiger partial charge in [0.25, 0.3) is 0 Å². The second-order valence-corrected chi connectivity index (χ2v) is 4.41. The molecule has 3 nitrogen and oxygen atoms in total. The van der Waals surface area contributed by atoms with Gasteiger partial charge in [0.1, 0.15) is 0 Å². The molecule has 1 aromatic heterocycles. The van der Waals surface area contributed by atoms with Crippen LogP contribution in [-0.4, -0.2) is 42.6 Å². The van der Waals surface area contributed by atoms with Crippen molar-refractivity contribution in [2.75, 3.05) is 26.7 Å². The lowest BCUT2D eigenvalue weighted by Gasteiger charge is -2.31. The largest absolute Gasteiger partial charge is 0.365 e. The van der Waals surface area contributed by atoms with Crippen LogP contribution in [0.5, 0.6) is 0 Å². The van der Waals surface area contributed by atoms with Gasteiger partial charge in [-0.1, -0.05) is 0 Å². The number of aromatic amines is 1. The Balaban J connectivity index is 1.74. The van der Waals surface area contributed by atoms with Crippen LogP contribution in [0, 0.1) is 0 Å². The lowest BCUT2D eigenvalue weighted by atomic mass is 10.1. The van der Waals surface area contributed by atoms with E-state index >= 15 is 0 Å². The molecule has 3 heteroatoms. The maximum atomic E-state index is 3.41. The minimum atomic E-state index is 0.779. The standard InChI is InChI=1S/C12H21N3/c1-15(12-4-8-13-9-5-12)10-6-11-3-2-7-14-11/h2-3,7,12-14H,4-6,8-10H2,1H3. The zero-order valence-corrected chi connectivity index (χ0v) is 9.50. The van der Waals surface area contributed by atoms with Crippen LogP contribution in [0.25, 0.3) is 0 Å². The van der Waals surface area contributed by atoms with Gasteiger partial charge in [-0.15, -0.1) is 0 Å². The molecule has 0 amide bonds. The molecule has 0 bridgehead atoms. The molecular weight excluding hydrogens is 186 g/mol. The Bertz CT molecular complexity index is 262. The maximum Gasteiger partial charge on any atom is 0.0159 e. The summed E-state index contributed by atoms with van der Waals surface area (Å²) in [7, 11) is 2.25. The fourth-order valence-corrected chi connectivity index (χ4v) is 2.25. The number of nitrogens with zero attached hydrogens (tertiary/aromatic N) is 1. The van der Waals surface area contributed by atoms with E-state index in [1.165, 1.54) is 31.6 Å². The Morgan fingerprint density at radius 1 is 1.40 bits per heavy atom. The monoisotopic (exact) mass is 207 g/mol. The number of nitrogens with one attached hydrogen (secondary N) is 2. The third-order valence-corrected chi connectivity index (χ3v) is 3.33. The predicted octanol–water partition coefficient (Wildman–Crippen LogP) is 1.24. The fourth-order valence-electron chi connectivity index (χ4n) is 2.25. The van der Waals surface area contributed by atoms with Crippen molar-refractivity contribution in [3.63, 3.8) is 0 Å². The average molecular weight is 207 g/mol. The summed E-state index contributed by atoms with van der Waals surface area (Å²) in [5, 5.41) is 3.41. The number of hydrogen-bond acceptors (Lipinski definition) is 2. The summed E-state index contributed by atoms with van der Waals surface area (Å²) >= 11 is 0. The first kappa shape index (κ1) is 10.7. The molecule has 1 saturated heterocycles. The van der Waals surface area contributed by atoms with E-state index in [1.807, 2.05) is 6.20 Å². The van der Waals surface area contributed by atoms with Crippen molar-refractivity contribution in [1.29, 1.82) is 0 Å². The molecular formula is C12H21N3. The third-order valence-electron chi connectivity index (χ3n) is 3.33. The fraction of sp³-hybridized carbons (Fsp3) is 0.667. The summed E-state index contributed by atoms with van der Waals surface area (Å²) in [5.41, 5.74) is 1.34. The van der Waals surface area contributed by atoms with Crippen LogP contribution < -0.4 is 5.32 Å². The Morgan fingerprint density at radius 3 is 2.87 bits per heavy atom. The van der Waals surface area contributed by atoms with Crippen molar-refractivity contribution in [2.24, 2.45) is 0 Å². The number of aromatic nitrogens is 1. The van der Waals surface area contributed by atoms with Gasteiger partial charge in [0.15, 0.2) is 0 Å². The lowest BCUT2D eigenvalue weighted by molar-refractivity contribution is 0.201. The van der Waals surface area contributed by atoms with Gasteiger partial charge in [-0.3, -0.25) is 0 Å². The Hall–Kier alpha value is -0.800. The first-order chi connectivity index (χ1) is 7.36. The van der Waals surface area contributed by atoms with E-state index in [0.29, 0.717) is 0 Å². The summed E-state index contributed by atoms with van der Waals surface area (Å²) < 4.78 is 0. The Kier molecular flexibility index (Phi) is 3.80. The highest BCUT2D eigenvalue weighted by molar-refractivity contribution is 5.03. The van der Waals surface area contributed by atoms with Gasteiger partial charge >= 0.3 is 0 Å². The number of piperidine rings is 1. The van der Waals surface area contributed by atoms with Crippen molar-refractivity contribution in [2.45, 2.75) is 25.3 Å². The molecule has 15 heavy (non-hydrogen) atoms. The van der Waals surface area contributed by atoms with E-state index in [1.54, 1.807) is 0 Å². The summed E-state index contributed by atoms with van der Waals surface area (Å²) in [6.07, 6.45) is 5.72. The van der Waals surface area contributed by atoms with Gasteiger partial charge in [-0.05, 0) is 45.1 Å². The van der Waals surface area contributed by atoms with Crippen LogP contribution in [0.4, 0.5) is 0 Å². The summed E-state index contributed by atoms with van der Waals surface area (Å²) in [6.45, 7) is 3.51. The zero-order chi connectivity index (χ0) is 10.5. The molecule has 0 radical (unpaired) electrons. The molecule has 0 aromatic carbocycles. The number of likely N-dealkylation sites (N-methyl/N-ethyl adjacent to an activating group) is 1. The van der Waals surface area contributed by atoms with Crippen LogP contribution in [0.1, 0.15) is 18.5 Å². The van der Waals surface area contributed by atoms with E-state index in [4.69, 9.17) is 0 Å². The van der Waals surface area contributed by atoms with Crippen molar-refractivity contribution < 1.29 is 0 Å². The molecule has 1 aliphatic rings. The highest BCUT2D eigenvalue weighted by Gasteiger charge is 2.16. The minimum absolute atomic E-state index is 0.779. The van der Waals surface area contributed by atoms with E-state index in [0.717, 1.165) is 19.0 Å². The molecule has 0 atom stereocenters. The molecule has 1 aromatic rings. The van der Waals surface area contributed by atoms with E-state index in [2.05, 4.69) is 34.4 Å². The maximum absolute atomic E-state index is 3.41. The normalized spacial score (nSPS) is 18.5. The lowest BCUT2D eigenvalue weighted by Crippen LogP contribution is -2.41. The van der Waals surface area contributed by atoms with E-state index in [-0.39, 0.29) is 0 Å². The SMILES string of the molecule is CN(CCc1ccc[nH]1)C1CCNCC1. The number of H-pyrrole nitrogens is 1. The third kappa shape index (κ3) is 3.08. The zero-order valence-electron chi connectivity index (χ0n) is 9.50. The van der Waals surface area contributed by atoms with Crippen LogP contribution in [0.3, 0.4) is 0 Å². The topological polar surface area (TPSA) is 31.1 Å². The van der Waals surface area contributed by atoms with Crippen LogP contribution in [0.2, 0.25) is 0 Å². The molecule has 0 aliphatic carbocycles. The molecule has 0 saturated carbocycles. The molecule has 2 rings (SSSR count). The summed E-state index contributed by atoms with van der Waals surface area (Å²) in [6, 6.07) is 5.01. The van der Waals surface area contributed by atoms with Gasteiger partial charge in [0.2, 0.25) is 0 Å². The first-order valence-corrected chi connectivity index (χ1v) is 5.89. The van der Waals surface area contributed by atoms with Gasteiger partial charge in [-0.2, -0.15) is 0 Å². The molecule has 2 N–H and O–H groups in total. The van der Waals surface area contributed by atoms with Gasteiger partial charge in [-0.25, -0.2) is 0 Å². The van der Waals surface area contributed by atoms with Gasteiger partial charge in [0.05, 0.1) is 0 Å². The first-order valence-electron chi connectivity index (χ1n) is 5.89. The Labute approximate surface area is 91.9 Å². The predicted molar refractivity (Wildman–Crippen MR) is 63.0 cm³/mol. The van der Waals surface area contributed by atoms with Crippen LogP contribution >= 0.6 is 0 Å². The smallest absolute Gasteiger partial charge is 0.0159 e. The molecule has 0 spiro atoms. The average Bonchev–Trinajstić information content (AvgIpc) is 2.80. The van der Waals surface area contributed by atoms with Gasteiger partial charge in [0, 0.05) is 30.9 Å². The molecule has 0 unspecified atom stereocenters. The van der Waals surface area contributed by atoms with Crippen LogP contribution in [0.15, 0.2) is 18.3 Å². The molecule has 1 fully saturated rings. The van der Waals surface area contributed by atoms with Crippen molar-refractivity contribution in [3.05, 3.63) is 24.0 Å². The van der Waals surface area contributed by atoms with Crippen LogP contribution in [-0.2, 0) is 6.42 Å². The Morgan fingerprint density at radius 2 is 2.20 bits per heavy atom. The summed E-state index contributed by atoms with van der Waals surface area (Å²) in [5.74, 6) is 0. The quantitative estimate of drug-likeness (QED) is 0.778. The highest BCUT2D eigenvalue weighted by atomic mass is 15.1. The summed E-state index contributed by atoms with van der Waals surface area (Å²) in [4.78, 5) is 5.76. The molecule has 1 aliphatic heterocycles. The highest BCUT2D eigenvalue weighted by Crippen LogP contribution is 2.10. The van der Waals surface area contributed by atoms with E-state index in [9.17, 15) is 0 Å². The van der Waals surface area contributed by atoms with E-state index < -0.39 is 0 Å². The second-order valence-electron chi connectivity index (χ2n) is 4.41. The van der Waals surface area contributed by atoms with Gasteiger partial charge < -0.3 is 15.2 Å².